The molecule has 0 radical (unpaired) electrons. The first kappa shape index (κ1) is 15.1. The minimum absolute atomic E-state index is 0.0475. The van der Waals surface area contributed by atoms with E-state index in [2.05, 4.69) is 4.74 Å². The molecule has 16 heavy (non-hydrogen) atoms. The molecule has 10 heteroatoms. The summed E-state index contributed by atoms with van der Waals surface area (Å²) >= 11 is 0. The summed E-state index contributed by atoms with van der Waals surface area (Å²) in [6.45, 7) is 1.40. The van der Waals surface area contributed by atoms with Crippen LogP contribution >= 0.6 is 0 Å². The van der Waals surface area contributed by atoms with Crippen LogP contribution in [0.3, 0.4) is 0 Å². The van der Waals surface area contributed by atoms with Crippen molar-refractivity contribution in [3.63, 3.8) is 0 Å². The molecule has 0 aromatic heterocycles. The minimum atomic E-state index is -4.06. The number of rotatable bonds is 4. The number of hydrogen-bond donors (Lipinski definition) is 0. The monoisotopic (exact) mass is 274 g/mol. The lowest BCUT2D eigenvalue weighted by Gasteiger charge is -2.26. The molecule has 0 rings (SSSR count). The number of carbonyl (C=O) groups is 1. The maximum atomic E-state index is 11.3. The lowest BCUT2D eigenvalue weighted by molar-refractivity contribution is 0.0945. The lowest BCUT2D eigenvalue weighted by atomic mass is 10.9. The van der Waals surface area contributed by atoms with Crippen LogP contribution in [0.4, 0.5) is 4.79 Å². The van der Waals surface area contributed by atoms with Gasteiger partial charge in [-0.3, -0.25) is 0 Å². The van der Waals surface area contributed by atoms with Crippen molar-refractivity contribution >= 4 is 26.1 Å². The van der Waals surface area contributed by atoms with Gasteiger partial charge in [0.1, 0.15) is 0 Å². The van der Waals surface area contributed by atoms with Crippen LogP contribution in [-0.4, -0.2) is 57.9 Å². The summed E-state index contributed by atoms with van der Waals surface area (Å²) in [6.07, 6.45) is 0.202. The highest BCUT2D eigenvalue weighted by Gasteiger charge is 2.34. The Morgan fingerprint density at radius 2 is 1.56 bits per heavy atom. The van der Waals surface area contributed by atoms with Crippen LogP contribution in [0.25, 0.3) is 0 Å². The van der Waals surface area contributed by atoms with E-state index >= 15 is 0 Å². The number of hydrazine groups is 1. The second-order valence-corrected chi connectivity index (χ2v) is 6.71. The van der Waals surface area contributed by atoms with Crippen molar-refractivity contribution in [3.8, 4) is 0 Å². The highest BCUT2D eigenvalue weighted by Crippen LogP contribution is 2.09. The van der Waals surface area contributed by atoms with E-state index in [-0.39, 0.29) is 11.0 Å². The van der Waals surface area contributed by atoms with Crippen LogP contribution in [0.2, 0.25) is 0 Å². The molecular weight excluding hydrogens is 260 g/mol. The summed E-state index contributed by atoms with van der Waals surface area (Å²) < 4.78 is 49.6. The Hall–Kier alpha value is -0.870. The van der Waals surface area contributed by atoms with Crippen LogP contribution in [0, 0.1) is 0 Å². The smallest absolute Gasteiger partial charge is 0.439 e. The van der Waals surface area contributed by atoms with Gasteiger partial charge in [-0.25, -0.2) is 21.6 Å². The number of hydrogen-bond acceptors (Lipinski definition) is 6. The maximum absolute atomic E-state index is 11.3. The Labute approximate surface area is 94.9 Å². The molecule has 0 N–H and O–H groups in total. The zero-order chi connectivity index (χ0) is 13.1. The molecule has 96 valence electrons. The summed E-state index contributed by atoms with van der Waals surface area (Å²) in [5.41, 5.74) is 0. The fourth-order valence-corrected chi connectivity index (χ4v) is 2.58. The SMILES string of the molecule is CCOC(=O)N(N(C)S(C)(=O)=O)S(C)(=O)=O. The molecule has 0 aromatic carbocycles. The molecule has 0 heterocycles. The second kappa shape index (κ2) is 4.97. The van der Waals surface area contributed by atoms with E-state index in [4.69, 9.17) is 0 Å². The Kier molecular flexibility index (Phi) is 4.70. The topological polar surface area (TPSA) is 101 Å². The molecule has 0 aliphatic heterocycles. The van der Waals surface area contributed by atoms with E-state index < -0.39 is 26.1 Å². The van der Waals surface area contributed by atoms with Gasteiger partial charge in [-0.2, -0.15) is 0 Å². The van der Waals surface area contributed by atoms with Gasteiger partial charge in [0.15, 0.2) is 0 Å². The van der Waals surface area contributed by atoms with Crippen LogP contribution < -0.4 is 0 Å². The highest BCUT2D eigenvalue weighted by atomic mass is 32.2. The third kappa shape index (κ3) is 3.94. The quantitative estimate of drug-likeness (QED) is 0.623. The molecule has 0 bridgehead atoms. The standard InChI is InChI=1S/C6H14N2O6S2/c1-5-14-6(9)8(16(4,12)13)7(2)15(3,10)11/h5H2,1-4H3. The van der Waals surface area contributed by atoms with Crippen LogP contribution in [0.5, 0.6) is 0 Å². The first-order chi connectivity index (χ1) is 7.01. The number of carbonyl (C=O) groups excluding carboxylic acids is 1. The number of amides is 1. The third-order valence-corrected chi connectivity index (χ3v) is 3.72. The zero-order valence-electron chi connectivity index (χ0n) is 9.37. The molecule has 0 aliphatic rings. The molecular formula is C6H14N2O6S2. The van der Waals surface area contributed by atoms with Crippen LogP contribution in [0.1, 0.15) is 6.92 Å². The number of nitrogens with zero attached hydrogens (tertiary/aromatic N) is 2. The molecule has 0 aliphatic carbocycles. The summed E-state index contributed by atoms with van der Waals surface area (Å²) in [5, 5.41) is 0. The van der Waals surface area contributed by atoms with Crippen molar-refractivity contribution in [1.29, 1.82) is 0 Å². The van der Waals surface area contributed by atoms with E-state index in [0.717, 1.165) is 13.3 Å². The Bertz CT molecular complexity index is 453. The fourth-order valence-electron chi connectivity index (χ4n) is 0.773. The van der Waals surface area contributed by atoms with Crippen molar-refractivity contribution in [2.45, 2.75) is 6.92 Å². The molecule has 0 aromatic rings. The van der Waals surface area contributed by atoms with Gasteiger partial charge >= 0.3 is 6.09 Å². The molecule has 0 unspecified atom stereocenters. The highest BCUT2D eigenvalue weighted by molar-refractivity contribution is 7.91. The van der Waals surface area contributed by atoms with Gasteiger partial charge in [0, 0.05) is 7.05 Å². The van der Waals surface area contributed by atoms with Crippen molar-refractivity contribution in [3.05, 3.63) is 0 Å². The molecule has 0 atom stereocenters. The van der Waals surface area contributed by atoms with E-state index in [9.17, 15) is 21.6 Å². The maximum Gasteiger partial charge on any atom is 0.439 e. The molecule has 0 fully saturated rings. The van der Waals surface area contributed by atoms with E-state index in [1.54, 1.807) is 0 Å². The summed E-state index contributed by atoms with van der Waals surface area (Å²) in [7, 11) is -6.99. The predicted octanol–water partition coefficient (Wildman–Crippen LogP) is -0.789. The van der Waals surface area contributed by atoms with Gasteiger partial charge < -0.3 is 4.74 Å². The van der Waals surface area contributed by atoms with Crippen molar-refractivity contribution < 1.29 is 26.4 Å². The van der Waals surface area contributed by atoms with Gasteiger partial charge in [0.2, 0.25) is 10.0 Å². The summed E-state index contributed by atoms with van der Waals surface area (Å²) in [4.78, 5) is 11.3. The molecule has 0 saturated heterocycles. The average Bonchev–Trinajstić information content (AvgIpc) is 1.99. The van der Waals surface area contributed by atoms with E-state index in [0.29, 0.717) is 10.7 Å². The Balaban J connectivity index is 5.38. The minimum Gasteiger partial charge on any atom is -0.448 e. The van der Waals surface area contributed by atoms with Crippen molar-refractivity contribution in [2.24, 2.45) is 0 Å². The normalized spacial score (nSPS) is 12.6. The fraction of sp³-hybridized carbons (Fsp3) is 0.833. The molecule has 8 nitrogen and oxygen atoms in total. The lowest BCUT2D eigenvalue weighted by Crippen LogP contribution is -2.50. The Morgan fingerprint density at radius 1 is 1.12 bits per heavy atom. The molecule has 1 amide bonds. The van der Waals surface area contributed by atoms with E-state index in [1.807, 2.05) is 0 Å². The average molecular weight is 274 g/mol. The predicted molar refractivity (Wildman–Crippen MR) is 56.3 cm³/mol. The van der Waals surface area contributed by atoms with Crippen LogP contribution in [0.15, 0.2) is 0 Å². The van der Waals surface area contributed by atoms with E-state index in [1.165, 1.54) is 6.92 Å². The van der Waals surface area contributed by atoms with Crippen molar-refractivity contribution in [2.75, 3.05) is 26.2 Å². The largest absolute Gasteiger partial charge is 0.448 e. The van der Waals surface area contributed by atoms with Crippen molar-refractivity contribution in [1.82, 2.24) is 8.83 Å². The first-order valence-corrected chi connectivity index (χ1v) is 7.82. The number of sulfonamides is 2. The second-order valence-electron chi connectivity index (χ2n) is 2.90. The number of ether oxygens (including phenoxy) is 1. The first-order valence-electron chi connectivity index (χ1n) is 4.12. The van der Waals surface area contributed by atoms with Gasteiger partial charge in [-0.1, -0.05) is 4.41 Å². The van der Waals surface area contributed by atoms with Crippen LogP contribution in [-0.2, 0) is 24.8 Å². The zero-order valence-corrected chi connectivity index (χ0v) is 11.0. The molecule has 0 spiro atoms. The summed E-state index contributed by atoms with van der Waals surface area (Å²) in [5.74, 6) is 0. The Morgan fingerprint density at radius 3 is 1.81 bits per heavy atom. The molecule has 0 saturated carbocycles. The van der Waals surface area contributed by atoms with Gasteiger partial charge in [0.05, 0.1) is 19.1 Å². The third-order valence-electron chi connectivity index (χ3n) is 1.47. The van der Waals surface area contributed by atoms with Gasteiger partial charge in [-0.15, -0.1) is 4.41 Å². The van der Waals surface area contributed by atoms with Gasteiger partial charge in [-0.05, 0) is 6.92 Å². The summed E-state index contributed by atoms with van der Waals surface area (Å²) in [6, 6.07) is 0. The van der Waals surface area contributed by atoms with Gasteiger partial charge in [0.25, 0.3) is 10.0 Å².